The molecule has 1 aliphatic rings. The van der Waals surface area contributed by atoms with Crippen molar-refractivity contribution in [3.05, 3.63) is 75.8 Å². The molecule has 4 aromatic rings. The third-order valence-electron chi connectivity index (χ3n) is 6.62. The van der Waals surface area contributed by atoms with Crippen LogP contribution in [0.15, 0.2) is 48.5 Å². The molecule has 0 unspecified atom stereocenters. The van der Waals surface area contributed by atoms with Crippen LogP contribution < -0.4 is 4.90 Å². The van der Waals surface area contributed by atoms with Crippen LogP contribution >= 0.6 is 11.6 Å². The Balaban J connectivity index is 1.78. The minimum absolute atomic E-state index is 0.654. The van der Waals surface area contributed by atoms with Crippen LogP contribution in [0.3, 0.4) is 0 Å². The molecule has 1 aliphatic heterocycles. The molecule has 0 N–H and O–H groups in total. The summed E-state index contributed by atoms with van der Waals surface area (Å²) in [7, 11) is 0. The number of pyridine rings is 1. The molecule has 5 nitrogen and oxygen atoms in total. The monoisotopic (exact) mass is 443 g/mol. The van der Waals surface area contributed by atoms with Crippen molar-refractivity contribution < 1.29 is 0 Å². The first-order valence-corrected chi connectivity index (χ1v) is 11.5. The number of aromatic nitrogens is 2. The lowest BCUT2D eigenvalue weighted by Crippen LogP contribution is -2.47. The summed E-state index contributed by atoms with van der Waals surface area (Å²) < 4.78 is 2.22. The molecule has 0 aliphatic carbocycles. The fraction of sp³-hybridized carbons (Fsp3) is 0.308. The number of piperazine rings is 1. The van der Waals surface area contributed by atoms with Gasteiger partial charge in [0.1, 0.15) is 11.9 Å². The van der Waals surface area contributed by atoms with Crippen LogP contribution in [0.25, 0.3) is 16.7 Å². The van der Waals surface area contributed by atoms with Gasteiger partial charge in [0, 0.05) is 43.2 Å². The average Bonchev–Trinajstić information content (AvgIpc) is 3.20. The molecule has 0 atom stereocenters. The highest BCUT2D eigenvalue weighted by Gasteiger charge is 2.26. The quantitative estimate of drug-likeness (QED) is 0.442. The highest BCUT2D eigenvalue weighted by molar-refractivity contribution is 6.30. The normalized spacial score (nSPS) is 14.9. The van der Waals surface area contributed by atoms with Crippen LogP contribution in [-0.4, -0.2) is 47.0 Å². The number of hydrogen-bond donors (Lipinski definition) is 0. The molecule has 2 aromatic carbocycles. The molecule has 6 heteroatoms. The zero-order valence-corrected chi connectivity index (χ0v) is 19.2. The maximum Gasteiger partial charge on any atom is 0.157 e. The number of para-hydroxylation sites is 2. The second-order valence-corrected chi connectivity index (χ2v) is 8.83. The average molecular weight is 444 g/mol. The Bertz CT molecular complexity index is 1320. The fourth-order valence-electron chi connectivity index (χ4n) is 4.79. The topological polar surface area (TPSA) is 47.6 Å². The van der Waals surface area contributed by atoms with E-state index >= 15 is 0 Å². The third-order valence-corrected chi connectivity index (χ3v) is 6.87. The van der Waals surface area contributed by atoms with Crippen molar-refractivity contribution in [2.24, 2.45) is 0 Å². The molecule has 0 saturated carbocycles. The number of benzene rings is 2. The smallest absolute Gasteiger partial charge is 0.157 e. The van der Waals surface area contributed by atoms with Crippen LogP contribution in [-0.2, 0) is 6.42 Å². The van der Waals surface area contributed by atoms with E-state index < -0.39 is 0 Å². The minimum atomic E-state index is 0.654. The number of imidazole rings is 1. The first-order chi connectivity index (χ1) is 15.6. The molecule has 0 bridgehead atoms. The van der Waals surface area contributed by atoms with E-state index in [4.69, 9.17) is 16.6 Å². The Kier molecular flexibility index (Phi) is 5.50. The SMILES string of the molecule is CCN1CCN(c2c(Cc3ccc(Cl)cc3)c(C)c(C#N)c3nc4ccccc4n23)CC1. The zero-order valence-electron chi connectivity index (χ0n) is 18.5. The van der Waals surface area contributed by atoms with Gasteiger partial charge in [0.2, 0.25) is 0 Å². The fourth-order valence-corrected chi connectivity index (χ4v) is 4.92. The second kappa shape index (κ2) is 8.46. The highest BCUT2D eigenvalue weighted by atomic mass is 35.5. The Morgan fingerprint density at radius 3 is 2.44 bits per heavy atom. The van der Waals surface area contributed by atoms with Gasteiger partial charge in [-0.2, -0.15) is 5.26 Å². The minimum Gasteiger partial charge on any atom is -0.355 e. The van der Waals surface area contributed by atoms with Gasteiger partial charge in [0.25, 0.3) is 0 Å². The number of halogens is 1. The van der Waals surface area contributed by atoms with Crippen molar-refractivity contribution in [3.63, 3.8) is 0 Å². The van der Waals surface area contributed by atoms with Crippen molar-refractivity contribution in [2.75, 3.05) is 37.6 Å². The highest BCUT2D eigenvalue weighted by Crippen LogP contribution is 2.35. The molecule has 5 rings (SSSR count). The summed E-state index contributed by atoms with van der Waals surface area (Å²) >= 11 is 6.13. The zero-order chi connectivity index (χ0) is 22.2. The van der Waals surface area contributed by atoms with Crippen LogP contribution in [0.5, 0.6) is 0 Å². The Hall–Kier alpha value is -3.07. The van der Waals surface area contributed by atoms with Crippen LogP contribution in [0.4, 0.5) is 5.82 Å². The molecule has 32 heavy (non-hydrogen) atoms. The predicted molar refractivity (Wildman–Crippen MR) is 131 cm³/mol. The summed E-state index contributed by atoms with van der Waals surface area (Å²) in [5.41, 5.74) is 6.74. The Morgan fingerprint density at radius 1 is 1.03 bits per heavy atom. The lowest BCUT2D eigenvalue weighted by Gasteiger charge is -2.37. The van der Waals surface area contributed by atoms with E-state index in [1.165, 1.54) is 11.1 Å². The van der Waals surface area contributed by atoms with Gasteiger partial charge >= 0.3 is 0 Å². The molecule has 0 amide bonds. The second-order valence-electron chi connectivity index (χ2n) is 8.40. The maximum absolute atomic E-state index is 10.1. The summed E-state index contributed by atoms with van der Waals surface area (Å²) in [6.45, 7) is 9.32. The number of anilines is 1. The molecule has 1 fully saturated rings. The summed E-state index contributed by atoms with van der Waals surface area (Å²) in [4.78, 5) is 9.84. The van der Waals surface area contributed by atoms with E-state index in [0.717, 1.165) is 72.2 Å². The summed E-state index contributed by atoms with van der Waals surface area (Å²) in [6.07, 6.45) is 0.740. The third kappa shape index (κ3) is 3.50. The molecule has 0 spiro atoms. The number of nitriles is 1. The standard InChI is InChI=1S/C26H26ClN5/c1-3-30-12-14-31(15-13-30)26-21(16-19-8-10-20(27)11-9-19)18(2)22(17-28)25-29-23-6-4-5-7-24(23)32(25)26/h4-11H,3,12-16H2,1-2H3. The van der Waals surface area contributed by atoms with E-state index in [2.05, 4.69) is 52.3 Å². The number of nitrogens with zero attached hydrogens (tertiary/aromatic N) is 5. The molecule has 162 valence electrons. The van der Waals surface area contributed by atoms with E-state index in [-0.39, 0.29) is 0 Å². The number of rotatable bonds is 4. The first kappa shape index (κ1) is 20.8. The van der Waals surface area contributed by atoms with Gasteiger partial charge < -0.3 is 9.80 Å². The van der Waals surface area contributed by atoms with Crippen molar-refractivity contribution in [2.45, 2.75) is 20.3 Å². The van der Waals surface area contributed by atoms with Gasteiger partial charge in [-0.1, -0.05) is 42.8 Å². The Morgan fingerprint density at radius 2 is 1.75 bits per heavy atom. The van der Waals surface area contributed by atoms with Gasteiger partial charge in [-0.3, -0.25) is 4.40 Å². The van der Waals surface area contributed by atoms with Gasteiger partial charge in [0.15, 0.2) is 5.65 Å². The Labute approximate surface area is 193 Å². The van der Waals surface area contributed by atoms with Gasteiger partial charge in [0.05, 0.1) is 16.6 Å². The van der Waals surface area contributed by atoms with Gasteiger partial charge in [-0.15, -0.1) is 0 Å². The molecular formula is C26H26ClN5. The lowest BCUT2D eigenvalue weighted by atomic mass is 9.97. The van der Waals surface area contributed by atoms with E-state index in [0.29, 0.717) is 5.56 Å². The molecule has 3 heterocycles. The maximum atomic E-state index is 10.1. The van der Waals surface area contributed by atoms with Gasteiger partial charge in [-0.05, 0) is 48.9 Å². The van der Waals surface area contributed by atoms with Crippen LogP contribution in [0.1, 0.15) is 29.2 Å². The molecule has 1 saturated heterocycles. The van der Waals surface area contributed by atoms with Crippen molar-refractivity contribution in [1.82, 2.24) is 14.3 Å². The molecule has 2 aromatic heterocycles. The van der Waals surface area contributed by atoms with Crippen molar-refractivity contribution >= 4 is 34.1 Å². The summed E-state index contributed by atoms with van der Waals surface area (Å²) in [6, 6.07) is 18.6. The van der Waals surface area contributed by atoms with E-state index in [9.17, 15) is 5.26 Å². The first-order valence-electron chi connectivity index (χ1n) is 11.1. The largest absolute Gasteiger partial charge is 0.355 e. The predicted octanol–water partition coefficient (Wildman–Crippen LogP) is 5.05. The van der Waals surface area contributed by atoms with Crippen LogP contribution in [0.2, 0.25) is 5.02 Å². The van der Waals surface area contributed by atoms with E-state index in [1.807, 2.05) is 30.3 Å². The van der Waals surface area contributed by atoms with Crippen molar-refractivity contribution in [1.29, 1.82) is 5.26 Å². The number of fused-ring (bicyclic) bond motifs is 3. The van der Waals surface area contributed by atoms with Crippen LogP contribution in [0, 0.1) is 18.3 Å². The molecular weight excluding hydrogens is 418 g/mol. The molecule has 0 radical (unpaired) electrons. The summed E-state index contributed by atoms with van der Waals surface area (Å²) in [5.74, 6) is 1.16. The van der Waals surface area contributed by atoms with Crippen molar-refractivity contribution in [3.8, 4) is 6.07 Å². The summed E-state index contributed by atoms with van der Waals surface area (Å²) in [5, 5.41) is 10.8. The number of likely N-dealkylation sites (N-methyl/N-ethyl adjacent to an activating group) is 1. The van der Waals surface area contributed by atoms with E-state index in [1.54, 1.807) is 0 Å². The lowest BCUT2D eigenvalue weighted by molar-refractivity contribution is 0.270. The number of hydrogen-bond acceptors (Lipinski definition) is 4. The van der Waals surface area contributed by atoms with Gasteiger partial charge in [-0.25, -0.2) is 4.98 Å².